The largest absolute Gasteiger partial charge is 0.326 e. The highest BCUT2D eigenvalue weighted by atomic mass is 35.5. The molecule has 2 rings (SSSR count). The van der Waals surface area contributed by atoms with E-state index in [9.17, 15) is 0 Å². The summed E-state index contributed by atoms with van der Waals surface area (Å²) in [6.45, 7) is 4.52. The molecule has 0 saturated carbocycles. The normalized spacial score (nSPS) is 10.9. The van der Waals surface area contributed by atoms with Gasteiger partial charge in [-0.15, -0.1) is 0 Å². The van der Waals surface area contributed by atoms with E-state index in [4.69, 9.17) is 17.3 Å². The van der Waals surface area contributed by atoms with Crippen LogP contribution in [0.25, 0.3) is 10.9 Å². The Balaban J connectivity index is 2.89. The van der Waals surface area contributed by atoms with Crippen LogP contribution in [0.4, 0.5) is 0 Å². The van der Waals surface area contributed by atoms with E-state index in [1.165, 1.54) is 5.56 Å². The number of aromatic nitrogens is 1. The van der Waals surface area contributed by atoms with Crippen molar-refractivity contribution in [2.24, 2.45) is 5.73 Å². The first-order valence-electron chi connectivity index (χ1n) is 4.88. The Hall–Kier alpha value is -1.12. The van der Waals surface area contributed by atoms with Gasteiger partial charge in [0.15, 0.2) is 0 Å². The third-order valence-electron chi connectivity index (χ3n) is 2.51. The van der Waals surface area contributed by atoms with Gasteiger partial charge < -0.3 is 5.73 Å². The molecule has 1 aromatic heterocycles. The van der Waals surface area contributed by atoms with E-state index in [0.29, 0.717) is 6.54 Å². The molecule has 1 heterocycles. The van der Waals surface area contributed by atoms with Crippen LogP contribution in [0.1, 0.15) is 16.8 Å². The molecule has 0 unspecified atom stereocenters. The van der Waals surface area contributed by atoms with Crippen LogP contribution in [0.15, 0.2) is 18.2 Å². The highest BCUT2D eigenvalue weighted by Crippen LogP contribution is 2.25. The molecule has 2 aromatic rings. The second kappa shape index (κ2) is 3.80. The van der Waals surface area contributed by atoms with Gasteiger partial charge in [0.05, 0.1) is 5.52 Å². The summed E-state index contributed by atoms with van der Waals surface area (Å²) in [4.78, 5) is 4.51. The fourth-order valence-electron chi connectivity index (χ4n) is 1.84. The predicted octanol–water partition coefficient (Wildman–Crippen LogP) is 2.96. The zero-order valence-electron chi connectivity index (χ0n) is 8.84. The number of halogens is 1. The lowest BCUT2D eigenvalue weighted by atomic mass is 10.0. The summed E-state index contributed by atoms with van der Waals surface area (Å²) in [5.74, 6) is 0. The number of fused-ring (bicyclic) bond motifs is 1. The topological polar surface area (TPSA) is 38.9 Å². The van der Waals surface area contributed by atoms with E-state index in [0.717, 1.165) is 27.2 Å². The molecule has 0 spiro atoms. The summed E-state index contributed by atoms with van der Waals surface area (Å²) < 4.78 is 0. The van der Waals surface area contributed by atoms with Gasteiger partial charge in [0.25, 0.3) is 0 Å². The fourth-order valence-corrected chi connectivity index (χ4v) is 2.08. The van der Waals surface area contributed by atoms with Crippen molar-refractivity contribution in [3.05, 3.63) is 40.0 Å². The van der Waals surface area contributed by atoms with Crippen LogP contribution in [-0.2, 0) is 6.54 Å². The predicted molar refractivity (Wildman–Crippen MR) is 64.1 cm³/mol. The quantitative estimate of drug-likeness (QED) is 0.803. The van der Waals surface area contributed by atoms with Crippen LogP contribution in [0.2, 0.25) is 5.02 Å². The Kier molecular flexibility index (Phi) is 2.63. The van der Waals surface area contributed by atoms with E-state index in [2.05, 4.69) is 18.0 Å². The minimum Gasteiger partial charge on any atom is -0.326 e. The molecule has 2 N–H and O–H groups in total. The average Bonchev–Trinajstić information content (AvgIpc) is 2.18. The highest BCUT2D eigenvalue weighted by Gasteiger charge is 2.06. The maximum atomic E-state index is 6.03. The maximum absolute atomic E-state index is 6.03. The minimum atomic E-state index is 0.465. The van der Waals surface area contributed by atoms with Crippen molar-refractivity contribution in [3.8, 4) is 0 Å². The number of benzene rings is 1. The van der Waals surface area contributed by atoms with Crippen LogP contribution in [0.5, 0.6) is 0 Å². The monoisotopic (exact) mass is 220 g/mol. The van der Waals surface area contributed by atoms with E-state index >= 15 is 0 Å². The van der Waals surface area contributed by atoms with E-state index in [1.807, 2.05) is 19.1 Å². The van der Waals surface area contributed by atoms with Crippen molar-refractivity contribution >= 4 is 22.5 Å². The van der Waals surface area contributed by atoms with Crippen molar-refractivity contribution in [1.82, 2.24) is 4.98 Å². The molecule has 0 aliphatic carbocycles. The van der Waals surface area contributed by atoms with E-state index < -0.39 is 0 Å². The molecule has 0 saturated heterocycles. The Morgan fingerprint density at radius 2 is 2.00 bits per heavy atom. The molecule has 0 aliphatic heterocycles. The second-order valence-corrected chi connectivity index (χ2v) is 4.18. The van der Waals surface area contributed by atoms with Gasteiger partial charge in [0, 0.05) is 22.6 Å². The molecular formula is C12H13ClN2. The molecule has 15 heavy (non-hydrogen) atoms. The first-order valence-corrected chi connectivity index (χ1v) is 5.26. The molecule has 0 atom stereocenters. The Morgan fingerprint density at radius 1 is 1.27 bits per heavy atom. The van der Waals surface area contributed by atoms with Gasteiger partial charge in [-0.25, -0.2) is 0 Å². The van der Waals surface area contributed by atoms with Gasteiger partial charge in [-0.2, -0.15) is 0 Å². The van der Waals surface area contributed by atoms with E-state index in [1.54, 1.807) is 0 Å². The lowest BCUT2D eigenvalue weighted by Gasteiger charge is -2.08. The molecule has 2 nitrogen and oxygen atoms in total. The summed E-state index contributed by atoms with van der Waals surface area (Å²) >= 11 is 6.03. The summed E-state index contributed by atoms with van der Waals surface area (Å²) in [5, 5.41) is 1.81. The van der Waals surface area contributed by atoms with Gasteiger partial charge in [-0.3, -0.25) is 4.98 Å². The molecule has 0 aliphatic rings. The molecule has 1 aromatic carbocycles. The van der Waals surface area contributed by atoms with Gasteiger partial charge in [-0.05, 0) is 43.2 Å². The van der Waals surface area contributed by atoms with Crippen LogP contribution in [0.3, 0.4) is 0 Å². The summed E-state index contributed by atoms with van der Waals surface area (Å²) in [6.07, 6.45) is 0. The third-order valence-corrected chi connectivity index (χ3v) is 2.73. The number of aryl methyl sites for hydroxylation is 2. The lowest BCUT2D eigenvalue weighted by molar-refractivity contribution is 1.07. The van der Waals surface area contributed by atoms with Crippen molar-refractivity contribution in [2.75, 3.05) is 0 Å². The zero-order chi connectivity index (χ0) is 11.0. The van der Waals surface area contributed by atoms with Gasteiger partial charge >= 0.3 is 0 Å². The van der Waals surface area contributed by atoms with Crippen LogP contribution in [-0.4, -0.2) is 4.98 Å². The number of hydrogen-bond donors (Lipinski definition) is 1. The molecule has 78 valence electrons. The fraction of sp³-hybridized carbons (Fsp3) is 0.250. The van der Waals surface area contributed by atoms with Crippen molar-refractivity contribution < 1.29 is 0 Å². The average molecular weight is 221 g/mol. The number of nitrogens with two attached hydrogens (primary N) is 1. The first-order chi connectivity index (χ1) is 7.11. The van der Waals surface area contributed by atoms with Crippen molar-refractivity contribution in [2.45, 2.75) is 20.4 Å². The number of nitrogens with zero attached hydrogens (tertiary/aromatic N) is 1. The Morgan fingerprint density at radius 3 is 2.67 bits per heavy atom. The number of pyridine rings is 1. The number of rotatable bonds is 1. The third kappa shape index (κ3) is 1.83. The maximum Gasteiger partial charge on any atom is 0.0753 e. The van der Waals surface area contributed by atoms with Gasteiger partial charge in [0.1, 0.15) is 0 Å². The van der Waals surface area contributed by atoms with Crippen molar-refractivity contribution in [3.63, 3.8) is 0 Å². The molecule has 0 bridgehead atoms. The molecule has 0 radical (unpaired) electrons. The van der Waals surface area contributed by atoms with Crippen LogP contribution in [0, 0.1) is 13.8 Å². The molecule has 0 fully saturated rings. The van der Waals surface area contributed by atoms with Gasteiger partial charge in [-0.1, -0.05) is 11.6 Å². The summed E-state index contributed by atoms with van der Waals surface area (Å²) in [7, 11) is 0. The smallest absolute Gasteiger partial charge is 0.0753 e. The molecule has 0 amide bonds. The number of hydrogen-bond acceptors (Lipinski definition) is 2. The minimum absolute atomic E-state index is 0.465. The Bertz CT molecular complexity index is 521. The van der Waals surface area contributed by atoms with Gasteiger partial charge in [0.2, 0.25) is 0 Å². The Labute approximate surface area is 94.1 Å². The lowest BCUT2D eigenvalue weighted by Crippen LogP contribution is -2.00. The summed E-state index contributed by atoms with van der Waals surface area (Å²) in [5.41, 5.74) is 9.86. The summed E-state index contributed by atoms with van der Waals surface area (Å²) in [6, 6.07) is 5.88. The van der Waals surface area contributed by atoms with Crippen LogP contribution >= 0.6 is 11.6 Å². The molecule has 3 heteroatoms. The zero-order valence-corrected chi connectivity index (χ0v) is 9.60. The standard InChI is InChI=1S/C12H13ClN2/c1-7-3-8(2)15-12-9(6-14)4-10(13)5-11(7)12/h3-5H,6,14H2,1-2H3. The first kappa shape index (κ1) is 10.4. The van der Waals surface area contributed by atoms with Crippen molar-refractivity contribution in [1.29, 1.82) is 0 Å². The molecular weight excluding hydrogens is 208 g/mol. The highest BCUT2D eigenvalue weighted by molar-refractivity contribution is 6.31. The van der Waals surface area contributed by atoms with E-state index in [-0.39, 0.29) is 0 Å². The van der Waals surface area contributed by atoms with Crippen LogP contribution < -0.4 is 5.73 Å². The second-order valence-electron chi connectivity index (χ2n) is 3.75. The SMILES string of the molecule is Cc1cc(C)c2cc(Cl)cc(CN)c2n1.